The highest BCUT2D eigenvalue weighted by Crippen LogP contribution is 2.35. The Morgan fingerprint density at radius 3 is 2.78 bits per heavy atom. The minimum absolute atomic E-state index is 0.0229. The molecule has 2 aliphatic rings. The normalized spacial score (nSPS) is 25.3. The second-order valence-corrected chi connectivity index (χ2v) is 5.90. The van der Waals surface area contributed by atoms with Crippen LogP contribution in [0.1, 0.15) is 56.2 Å². The van der Waals surface area contributed by atoms with Gasteiger partial charge in [-0.25, -0.2) is 4.39 Å². The molecule has 0 radical (unpaired) electrons. The minimum atomic E-state index is -0.0229. The Labute approximate surface area is 109 Å². The number of hydrogen-bond acceptors (Lipinski definition) is 1. The molecule has 0 spiro atoms. The molecule has 2 aliphatic carbocycles. The lowest BCUT2D eigenvalue weighted by Crippen LogP contribution is -2.34. The second-order valence-electron chi connectivity index (χ2n) is 5.90. The monoisotopic (exact) mass is 247 g/mol. The lowest BCUT2D eigenvalue weighted by Gasteiger charge is -2.25. The molecule has 1 nitrogen and oxygen atoms in total. The number of rotatable bonds is 3. The lowest BCUT2D eigenvalue weighted by atomic mass is 9.98. The fraction of sp³-hybridized carbons (Fsp3) is 0.625. The van der Waals surface area contributed by atoms with Gasteiger partial charge in [0.1, 0.15) is 5.82 Å². The van der Waals surface area contributed by atoms with Crippen molar-refractivity contribution in [3.05, 3.63) is 35.1 Å². The fourth-order valence-electron chi connectivity index (χ4n) is 3.69. The van der Waals surface area contributed by atoms with E-state index in [4.69, 9.17) is 0 Å². The van der Waals surface area contributed by atoms with Crippen LogP contribution < -0.4 is 5.32 Å². The Morgan fingerprint density at radius 2 is 2.00 bits per heavy atom. The zero-order valence-corrected chi connectivity index (χ0v) is 11.1. The minimum Gasteiger partial charge on any atom is -0.307 e. The molecule has 0 amide bonds. The van der Waals surface area contributed by atoms with Crippen molar-refractivity contribution in [2.24, 2.45) is 5.92 Å². The van der Waals surface area contributed by atoms with Crippen molar-refractivity contribution in [3.8, 4) is 0 Å². The maximum absolute atomic E-state index is 13.7. The van der Waals surface area contributed by atoms with Crippen molar-refractivity contribution in [2.45, 2.75) is 57.5 Å². The van der Waals surface area contributed by atoms with Crippen LogP contribution in [0.25, 0.3) is 0 Å². The summed E-state index contributed by atoms with van der Waals surface area (Å²) in [5, 5.41) is 3.74. The maximum Gasteiger partial charge on any atom is 0.126 e. The number of fused-ring (bicyclic) bond motifs is 1. The first-order chi connectivity index (χ1) is 8.75. The van der Waals surface area contributed by atoms with Crippen molar-refractivity contribution >= 4 is 0 Å². The van der Waals surface area contributed by atoms with E-state index in [1.54, 1.807) is 6.07 Å². The molecular weight excluding hydrogens is 225 g/mol. The van der Waals surface area contributed by atoms with Crippen molar-refractivity contribution in [3.63, 3.8) is 0 Å². The lowest BCUT2D eigenvalue weighted by molar-refractivity contribution is 0.342. The average Bonchev–Trinajstić information content (AvgIpc) is 2.99. The first-order valence-electron chi connectivity index (χ1n) is 7.29. The summed E-state index contributed by atoms with van der Waals surface area (Å²) in [5.41, 5.74) is 2.13. The molecule has 3 rings (SSSR count). The van der Waals surface area contributed by atoms with Crippen LogP contribution in [0.5, 0.6) is 0 Å². The van der Waals surface area contributed by atoms with Crippen molar-refractivity contribution < 1.29 is 4.39 Å². The topological polar surface area (TPSA) is 12.0 Å². The Hall–Kier alpha value is -0.890. The van der Waals surface area contributed by atoms with Crippen LogP contribution in [0, 0.1) is 11.7 Å². The molecule has 1 saturated carbocycles. The Balaban J connectivity index is 1.70. The number of halogens is 1. The summed E-state index contributed by atoms with van der Waals surface area (Å²) in [4.78, 5) is 0. The Bertz CT molecular complexity index is 423. The van der Waals surface area contributed by atoms with E-state index in [9.17, 15) is 4.39 Å². The Morgan fingerprint density at radius 1 is 1.22 bits per heavy atom. The maximum atomic E-state index is 13.7. The highest BCUT2D eigenvalue weighted by molar-refractivity contribution is 5.35. The summed E-state index contributed by atoms with van der Waals surface area (Å²) >= 11 is 0. The number of hydrogen-bond donors (Lipinski definition) is 1. The molecular formula is C16H22FN. The molecule has 2 unspecified atom stereocenters. The molecule has 1 fully saturated rings. The quantitative estimate of drug-likeness (QED) is 0.852. The van der Waals surface area contributed by atoms with Crippen LogP contribution in [-0.2, 0) is 6.42 Å². The summed E-state index contributed by atoms with van der Waals surface area (Å²) in [5.74, 6) is 0.799. The van der Waals surface area contributed by atoms with E-state index < -0.39 is 0 Å². The van der Waals surface area contributed by atoms with E-state index in [0.717, 1.165) is 24.3 Å². The van der Waals surface area contributed by atoms with Crippen LogP contribution in [0.4, 0.5) is 4.39 Å². The largest absolute Gasteiger partial charge is 0.307 e. The summed E-state index contributed by atoms with van der Waals surface area (Å²) in [7, 11) is 0. The van der Waals surface area contributed by atoms with Crippen LogP contribution >= 0.6 is 0 Å². The van der Waals surface area contributed by atoms with E-state index in [1.807, 2.05) is 6.07 Å². The summed E-state index contributed by atoms with van der Waals surface area (Å²) < 4.78 is 13.7. The molecule has 18 heavy (non-hydrogen) atoms. The average molecular weight is 247 g/mol. The van der Waals surface area contributed by atoms with Crippen LogP contribution in [-0.4, -0.2) is 6.04 Å². The van der Waals surface area contributed by atoms with Crippen LogP contribution in [0.15, 0.2) is 18.2 Å². The molecule has 1 aromatic carbocycles. The van der Waals surface area contributed by atoms with Gasteiger partial charge in [0, 0.05) is 12.1 Å². The molecule has 98 valence electrons. The summed E-state index contributed by atoms with van der Waals surface area (Å²) in [6, 6.07) is 6.44. The van der Waals surface area contributed by atoms with Gasteiger partial charge in [-0.2, -0.15) is 0 Å². The number of benzene rings is 1. The van der Waals surface area contributed by atoms with Gasteiger partial charge in [0.15, 0.2) is 0 Å². The van der Waals surface area contributed by atoms with Crippen molar-refractivity contribution in [1.29, 1.82) is 0 Å². The number of nitrogens with one attached hydrogen (secondary N) is 1. The zero-order chi connectivity index (χ0) is 12.5. The third kappa shape index (κ3) is 2.18. The smallest absolute Gasteiger partial charge is 0.126 e. The van der Waals surface area contributed by atoms with Gasteiger partial charge in [-0.3, -0.25) is 0 Å². The molecule has 0 bridgehead atoms. The van der Waals surface area contributed by atoms with Gasteiger partial charge in [0.2, 0.25) is 0 Å². The Kier molecular flexibility index (Phi) is 3.38. The highest BCUT2D eigenvalue weighted by atomic mass is 19.1. The molecule has 0 aromatic heterocycles. The predicted octanol–water partition coefficient (Wildman–Crippen LogP) is 3.98. The van der Waals surface area contributed by atoms with E-state index in [0.29, 0.717) is 12.1 Å². The fourth-order valence-corrected chi connectivity index (χ4v) is 3.69. The van der Waals surface area contributed by atoms with Gasteiger partial charge >= 0.3 is 0 Å². The predicted molar refractivity (Wildman–Crippen MR) is 72.0 cm³/mol. The molecule has 1 N–H and O–H groups in total. The van der Waals surface area contributed by atoms with Gasteiger partial charge in [0.05, 0.1) is 0 Å². The van der Waals surface area contributed by atoms with Crippen molar-refractivity contribution in [1.82, 2.24) is 5.32 Å². The molecule has 1 aromatic rings. The first-order valence-corrected chi connectivity index (χ1v) is 7.29. The molecule has 0 saturated heterocycles. The van der Waals surface area contributed by atoms with Gasteiger partial charge in [-0.1, -0.05) is 25.0 Å². The molecule has 0 aliphatic heterocycles. The zero-order valence-electron chi connectivity index (χ0n) is 11.1. The van der Waals surface area contributed by atoms with Gasteiger partial charge in [-0.15, -0.1) is 0 Å². The van der Waals surface area contributed by atoms with E-state index in [2.05, 4.69) is 18.3 Å². The van der Waals surface area contributed by atoms with Crippen LogP contribution in [0.3, 0.4) is 0 Å². The summed E-state index contributed by atoms with van der Waals surface area (Å²) in [6.45, 7) is 2.30. The van der Waals surface area contributed by atoms with Gasteiger partial charge < -0.3 is 5.32 Å². The molecule has 2 heteroatoms. The highest BCUT2D eigenvalue weighted by Gasteiger charge is 2.28. The second kappa shape index (κ2) is 5.00. The van der Waals surface area contributed by atoms with E-state index in [1.165, 1.54) is 31.2 Å². The van der Waals surface area contributed by atoms with E-state index >= 15 is 0 Å². The van der Waals surface area contributed by atoms with Gasteiger partial charge in [-0.05, 0) is 55.7 Å². The summed E-state index contributed by atoms with van der Waals surface area (Å²) in [6.07, 6.45) is 7.41. The standard InChI is InChI=1S/C16H22FN/c1-11(12-5-2-3-6-12)18-16-10-9-13-14(16)7-4-8-15(13)17/h4,7-8,11-12,16,18H,2-3,5-6,9-10H2,1H3. The first kappa shape index (κ1) is 12.2. The van der Waals surface area contributed by atoms with Crippen LogP contribution in [0.2, 0.25) is 0 Å². The van der Waals surface area contributed by atoms with Gasteiger partial charge in [0.25, 0.3) is 0 Å². The van der Waals surface area contributed by atoms with Crippen molar-refractivity contribution in [2.75, 3.05) is 0 Å². The third-order valence-electron chi connectivity index (χ3n) is 4.78. The van der Waals surface area contributed by atoms with E-state index in [-0.39, 0.29) is 5.82 Å². The molecule has 0 heterocycles. The third-order valence-corrected chi connectivity index (χ3v) is 4.78. The SMILES string of the molecule is CC(NC1CCc2c(F)cccc21)C1CCCC1. The molecule has 2 atom stereocenters.